The first-order chi connectivity index (χ1) is 7.65. The highest BCUT2D eigenvalue weighted by Gasteiger charge is 2.22. The average Bonchev–Trinajstić information content (AvgIpc) is 2.27. The van der Waals surface area contributed by atoms with E-state index >= 15 is 0 Å². The van der Waals surface area contributed by atoms with Crippen LogP contribution in [0.2, 0.25) is 0 Å². The molecule has 1 atom stereocenters. The summed E-state index contributed by atoms with van der Waals surface area (Å²) in [6.07, 6.45) is 3.19. The maximum absolute atomic E-state index is 11.3. The smallest absolute Gasteiger partial charge is 0.222 e. The number of amides is 1. The molecule has 1 aromatic rings. The van der Waals surface area contributed by atoms with Crippen molar-refractivity contribution in [1.29, 1.82) is 0 Å². The molecule has 0 bridgehead atoms. The number of aromatic nitrogens is 1. The summed E-state index contributed by atoms with van der Waals surface area (Å²) in [4.78, 5) is 17.1. The third-order valence-electron chi connectivity index (χ3n) is 2.78. The molecule has 16 heavy (non-hydrogen) atoms. The number of anilines is 2. The molecule has 1 aliphatic rings. The van der Waals surface area contributed by atoms with Gasteiger partial charge in [-0.25, -0.2) is 4.98 Å². The van der Waals surface area contributed by atoms with Gasteiger partial charge in [0, 0.05) is 26.1 Å². The number of hydrogen-bond donors (Lipinski definition) is 2. The van der Waals surface area contributed by atoms with E-state index in [4.69, 9.17) is 5.73 Å². The van der Waals surface area contributed by atoms with Gasteiger partial charge in [0.1, 0.15) is 5.82 Å². The number of nitrogens with zero attached hydrogens (tertiary/aromatic N) is 2. The predicted octanol–water partition coefficient (Wildman–Crippen LogP) is 0.696. The second-order valence-electron chi connectivity index (χ2n) is 4.13. The van der Waals surface area contributed by atoms with Gasteiger partial charge in [0.25, 0.3) is 0 Å². The summed E-state index contributed by atoms with van der Waals surface area (Å²) in [6, 6.07) is 3.96. The molecular formula is C11H16N4O. The SMILES string of the molecule is CN1CC(Nc2ccc(N)nc2)CCC1=O. The number of likely N-dealkylation sites (tertiary alicyclic amines) is 1. The Labute approximate surface area is 94.6 Å². The van der Waals surface area contributed by atoms with Crippen molar-refractivity contribution in [2.75, 3.05) is 24.6 Å². The van der Waals surface area contributed by atoms with Gasteiger partial charge in [0.2, 0.25) is 5.91 Å². The number of pyridine rings is 1. The highest BCUT2D eigenvalue weighted by atomic mass is 16.2. The first kappa shape index (κ1) is 10.7. The molecule has 1 unspecified atom stereocenters. The zero-order valence-electron chi connectivity index (χ0n) is 9.31. The molecular weight excluding hydrogens is 204 g/mol. The van der Waals surface area contributed by atoms with Crippen molar-refractivity contribution in [3.05, 3.63) is 18.3 Å². The summed E-state index contributed by atoms with van der Waals surface area (Å²) in [5.41, 5.74) is 6.45. The summed E-state index contributed by atoms with van der Waals surface area (Å²) in [7, 11) is 1.83. The quantitative estimate of drug-likeness (QED) is 0.769. The molecule has 1 amide bonds. The van der Waals surface area contributed by atoms with Crippen molar-refractivity contribution >= 4 is 17.4 Å². The molecule has 0 aromatic carbocycles. The Bertz CT molecular complexity index is 376. The summed E-state index contributed by atoms with van der Waals surface area (Å²) in [6.45, 7) is 0.739. The van der Waals surface area contributed by atoms with Crippen LogP contribution in [0.15, 0.2) is 18.3 Å². The van der Waals surface area contributed by atoms with E-state index in [1.165, 1.54) is 0 Å². The summed E-state index contributed by atoms with van der Waals surface area (Å²) >= 11 is 0. The Balaban J connectivity index is 1.95. The van der Waals surface area contributed by atoms with Crippen LogP contribution in [0.4, 0.5) is 11.5 Å². The van der Waals surface area contributed by atoms with Crippen LogP contribution in [-0.2, 0) is 4.79 Å². The number of likely N-dealkylation sites (N-methyl/N-ethyl adjacent to an activating group) is 1. The number of nitrogens with two attached hydrogens (primary N) is 1. The number of piperidine rings is 1. The summed E-state index contributed by atoms with van der Waals surface area (Å²) in [5.74, 6) is 0.731. The minimum absolute atomic E-state index is 0.216. The third-order valence-corrected chi connectivity index (χ3v) is 2.78. The maximum Gasteiger partial charge on any atom is 0.222 e. The first-order valence-electron chi connectivity index (χ1n) is 5.37. The van der Waals surface area contributed by atoms with E-state index < -0.39 is 0 Å². The van der Waals surface area contributed by atoms with Gasteiger partial charge in [-0.15, -0.1) is 0 Å². The zero-order valence-corrected chi connectivity index (χ0v) is 9.31. The Morgan fingerprint density at radius 2 is 2.38 bits per heavy atom. The molecule has 86 valence electrons. The van der Waals surface area contributed by atoms with Gasteiger partial charge < -0.3 is 16.0 Å². The molecule has 0 radical (unpaired) electrons. The van der Waals surface area contributed by atoms with Gasteiger partial charge in [-0.1, -0.05) is 0 Å². The van der Waals surface area contributed by atoms with Gasteiger partial charge in [0.15, 0.2) is 0 Å². The zero-order chi connectivity index (χ0) is 11.5. The maximum atomic E-state index is 11.3. The van der Waals surface area contributed by atoms with Gasteiger partial charge in [-0.05, 0) is 18.6 Å². The second-order valence-corrected chi connectivity index (χ2v) is 4.13. The topological polar surface area (TPSA) is 71.2 Å². The van der Waals surface area contributed by atoms with E-state index in [0.717, 1.165) is 18.7 Å². The largest absolute Gasteiger partial charge is 0.384 e. The predicted molar refractivity (Wildman–Crippen MR) is 62.9 cm³/mol. The molecule has 5 nitrogen and oxygen atoms in total. The van der Waals surface area contributed by atoms with Crippen molar-refractivity contribution in [2.45, 2.75) is 18.9 Å². The second kappa shape index (κ2) is 4.38. The highest BCUT2D eigenvalue weighted by Crippen LogP contribution is 2.15. The lowest BCUT2D eigenvalue weighted by atomic mass is 10.1. The van der Waals surface area contributed by atoms with Crippen LogP contribution in [0.1, 0.15) is 12.8 Å². The average molecular weight is 220 g/mol. The van der Waals surface area contributed by atoms with Crippen molar-refractivity contribution in [3.8, 4) is 0 Å². The number of hydrogen-bond acceptors (Lipinski definition) is 4. The van der Waals surface area contributed by atoms with E-state index in [0.29, 0.717) is 18.3 Å². The van der Waals surface area contributed by atoms with Crippen molar-refractivity contribution < 1.29 is 4.79 Å². The lowest BCUT2D eigenvalue weighted by Gasteiger charge is -2.30. The molecule has 1 aromatic heterocycles. The van der Waals surface area contributed by atoms with Gasteiger partial charge in [-0.3, -0.25) is 4.79 Å². The highest BCUT2D eigenvalue weighted by molar-refractivity contribution is 5.77. The molecule has 2 rings (SSSR count). The van der Waals surface area contributed by atoms with E-state index in [1.807, 2.05) is 13.1 Å². The van der Waals surface area contributed by atoms with Crippen molar-refractivity contribution in [1.82, 2.24) is 9.88 Å². The lowest BCUT2D eigenvalue weighted by Crippen LogP contribution is -2.43. The van der Waals surface area contributed by atoms with Crippen molar-refractivity contribution in [3.63, 3.8) is 0 Å². The molecule has 0 spiro atoms. The number of carbonyl (C=O) groups is 1. The molecule has 2 heterocycles. The molecule has 3 N–H and O–H groups in total. The molecule has 1 saturated heterocycles. The van der Waals surface area contributed by atoms with Crippen LogP contribution in [0.5, 0.6) is 0 Å². The van der Waals surface area contributed by atoms with E-state index in [9.17, 15) is 4.79 Å². The molecule has 0 saturated carbocycles. The van der Waals surface area contributed by atoms with Crippen LogP contribution < -0.4 is 11.1 Å². The number of carbonyl (C=O) groups excluding carboxylic acids is 1. The van der Waals surface area contributed by atoms with Gasteiger partial charge in [-0.2, -0.15) is 0 Å². The van der Waals surface area contributed by atoms with Crippen LogP contribution in [-0.4, -0.2) is 35.4 Å². The Morgan fingerprint density at radius 3 is 3.00 bits per heavy atom. The van der Waals surface area contributed by atoms with Crippen LogP contribution in [0.25, 0.3) is 0 Å². The monoisotopic (exact) mass is 220 g/mol. The summed E-state index contributed by atoms with van der Waals surface area (Å²) < 4.78 is 0. The minimum Gasteiger partial charge on any atom is -0.384 e. The molecule has 1 fully saturated rings. The standard InChI is InChI=1S/C11H16N4O/c1-15-7-9(3-5-11(15)16)14-8-2-4-10(12)13-6-8/h2,4,6,9,14H,3,5,7H2,1H3,(H2,12,13). The third kappa shape index (κ3) is 2.42. The number of rotatable bonds is 2. The molecule has 0 aliphatic carbocycles. The fraction of sp³-hybridized carbons (Fsp3) is 0.455. The van der Waals surface area contributed by atoms with Gasteiger partial charge in [0.05, 0.1) is 11.9 Å². The normalized spacial score (nSPS) is 20.9. The fourth-order valence-corrected chi connectivity index (χ4v) is 1.86. The van der Waals surface area contributed by atoms with Crippen LogP contribution >= 0.6 is 0 Å². The van der Waals surface area contributed by atoms with Gasteiger partial charge >= 0.3 is 0 Å². The van der Waals surface area contributed by atoms with Crippen LogP contribution in [0, 0.1) is 0 Å². The first-order valence-corrected chi connectivity index (χ1v) is 5.37. The minimum atomic E-state index is 0.216. The Morgan fingerprint density at radius 1 is 1.56 bits per heavy atom. The summed E-state index contributed by atoms with van der Waals surface area (Å²) in [5, 5.41) is 3.35. The Hall–Kier alpha value is -1.78. The molecule has 5 heteroatoms. The van der Waals surface area contributed by atoms with E-state index in [1.54, 1.807) is 17.2 Å². The van der Waals surface area contributed by atoms with Crippen LogP contribution in [0.3, 0.4) is 0 Å². The van der Waals surface area contributed by atoms with E-state index in [-0.39, 0.29) is 5.91 Å². The molecule has 1 aliphatic heterocycles. The number of nitrogen functional groups attached to an aromatic ring is 1. The fourth-order valence-electron chi connectivity index (χ4n) is 1.86. The van der Waals surface area contributed by atoms with Crippen molar-refractivity contribution in [2.24, 2.45) is 0 Å². The number of nitrogens with one attached hydrogen (secondary N) is 1. The lowest BCUT2D eigenvalue weighted by molar-refractivity contribution is -0.132. The van der Waals surface area contributed by atoms with E-state index in [2.05, 4.69) is 10.3 Å². The Kier molecular flexibility index (Phi) is 2.94.